The summed E-state index contributed by atoms with van der Waals surface area (Å²) in [6.45, 7) is 2.53. The van der Waals surface area contributed by atoms with Gasteiger partial charge in [0.25, 0.3) is 0 Å². The Bertz CT molecular complexity index is 1210. The number of hydrogen-bond acceptors (Lipinski definition) is 9. The fourth-order valence-electron chi connectivity index (χ4n) is 4.34. The number of nitrogens with zero attached hydrogens (tertiary/aromatic N) is 4. The van der Waals surface area contributed by atoms with Gasteiger partial charge in [0.05, 0.1) is 47.3 Å². The minimum absolute atomic E-state index is 0.0194. The number of oxime groups is 1. The zero-order valence-electron chi connectivity index (χ0n) is 18.0. The highest BCUT2D eigenvalue weighted by Gasteiger charge is 2.44. The van der Waals surface area contributed by atoms with Crippen molar-refractivity contribution in [2.45, 2.75) is 57.2 Å². The van der Waals surface area contributed by atoms with E-state index < -0.39 is 40.2 Å². The van der Waals surface area contributed by atoms with Crippen molar-refractivity contribution in [3.63, 3.8) is 0 Å². The molecule has 2 aromatic heterocycles. The smallest absolute Gasteiger partial charge is 0.307 e. The van der Waals surface area contributed by atoms with Gasteiger partial charge >= 0.3 is 11.9 Å². The molecule has 0 radical (unpaired) electrons. The lowest BCUT2D eigenvalue weighted by Crippen LogP contribution is -2.35. The van der Waals surface area contributed by atoms with Crippen LogP contribution in [-0.4, -0.2) is 74.2 Å². The molecular weight excluding hydrogens is 454 g/mol. The summed E-state index contributed by atoms with van der Waals surface area (Å²) in [5.41, 5.74) is 0.708. The molecule has 0 atom stereocenters. The van der Waals surface area contributed by atoms with Crippen LogP contribution in [0.15, 0.2) is 17.5 Å². The zero-order valence-corrected chi connectivity index (χ0v) is 18.8. The van der Waals surface area contributed by atoms with E-state index in [1.165, 1.54) is 0 Å². The number of aryl methyl sites for hydroxylation is 1. The number of nitrogens with one attached hydrogen (secondary N) is 1. The number of aliphatic carboxylic acids is 2. The molecule has 2 aliphatic rings. The van der Waals surface area contributed by atoms with Crippen molar-refractivity contribution in [3.05, 3.63) is 18.0 Å². The van der Waals surface area contributed by atoms with Crippen LogP contribution in [0.4, 0.5) is 5.69 Å². The summed E-state index contributed by atoms with van der Waals surface area (Å²) in [5, 5.41) is 31.1. The average Bonchev–Trinajstić information content (AvgIpc) is 3.33. The molecule has 1 saturated heterocycles. The molecule has 2 aromatic rings. The van der Waals surface area contributed by atoms with Crippen molar-refractivity contribution in [1.82, 2.24) is 14.8 Å². The number of pyridine rings is 1. The van der Waals surface area contributed by atoms with Gasteiger partial charge in [0, 0.05) is 30.8 Å². The maximum absolute atomic E-state index is 11.8. The lowest BCUT2D eigenvalue weighted by atomic mass is 9.88. The summed E-state index contributed by atoms with van der Waals surface area (Å²) < 4.78 is 25.4. The van der Waals surface area contributed by atoms with Crippen LogP contribution in [0.5, 0.6) is 0 Å². The second kappa shape index (κ2) is 8.61. The van der Waals surface area contributed by atoms with Gasteiger partial charge in [-0.3, -0.25) is 9.59 Å². The molecule has 4 heterocycles. The van der Waals surface area contributed by atoms with Crippen molar-refractivity contribution in [3.8, 4) is 0 Å². The lowest BCUT2D eigenvalue weighted by molar-refractivity contribution is -0.151. The molecular formula is C20H25N5O7S. The van der Waals surface area contributed by atoms with Crippen LogP contribution in [0.1, 0.15) is 44.6 Å². The Balaban J connectivity index is 1.71. The first kappa shape index (κ1) is 23.0. The second-order valence-electron chi connectivity index (χ2n) is 8.45. The van der Waals surface area contributed by atoms with Gasteiger partial charge in [0.2, 0.25) is 0 Å². The highest BCUT2D eigenvalue weighted by molar-refractivity contribution is 7.91. The molecule has 1 fully saturated rings. The molecule has 13 heteroatoms. The van der Waals surface area contributed by atoms with Gasteiger partial charge in [-0.25, -0.2) is 18.1 Å². The van der Waals surface area contributed by atoms with Gasteiger partial charge in [-0.05, 0) is 19.8 Å². The highest BCUT2D eigenvalue weighted by atomic mass is 32.2. The zero-order chi connectivity index (χ0) is 23.8. The van der Waals surface area contributed by atoms with Gasteiger partial charge in [0.15, 0.2) is 11.2 Å². The van der Waals surface area contributed by atoms with Gasteiger partial charge in [0.1, 0.15) is 9.84 Å². The van der Waals surface area contributed by atoms with Crippen LogP contribution in [-0.2, 0) is 30.8 Å². The molecule has 3 N–H and O–H groups in total. The van der Waals surface area contributed by atoms with E-state index in [9.17, 15) is 28.2 Å². The van der Waals surface area contributed by atoms with E-state index in [1.54, 1.807) is 17.1 Å². The maximum atomic E-state index is 11.8. The molecule has 0 spiro atoms. The molecule has 12 nitrogen and oxygen atoms in total. The van der Waals surface area contributed by atoms with Crippen molar-refractivity contribution in [2.24, 2.45) is 5.16 Å². The van der Waals surface area contributed by atoms with Crippen LogP contribution >= 0.6 is 0 Å². The Labute approximate surface area is 189 Å². The van der Waals surface area contributed by atoms with E-state index in [2.05, 4.69) is 20.6 Å². The van der Waals surface area contributed by atoms with E-state index >= 15 is 0 Å². The number of carboxylic acids is 2. The van der Waals surface area contributed by atoms with E-state index in [0.717, 1.165) is 0 Å². The third-order valence-electron chi connectivity index (χ3n) is 5.97. The molecule has 33 heavy (non-hydrogen) atoms. The van der Waals surface area contributed by atoms with Crippen LogP contribution in [0.3, 0.4) is 0 Å². The predicted octanol–water partition coefficient (Wildman–Crippen LogP) is 1.25. The van der Waals surface area contributed by atoms with Crippen molar-refractivity contribution in [2.75, 3.05) is 16.8 Å². The van der Waals surface area contributed by atoms with Crippen LogP contribution in [0.25, 0.3) is 11.0 Å². The highest BCUT2D eigenvalue weighted by Crippen LogP contribution is 2.37. The Hall–Kier alpha value is -3.22. The summed E-state index contributed by atoms with van der Waals surface area (Å²) in [4.78, 5) is 32.6. The van der Waals surface area contributed by atoms with Gasteiger partial charge in [-0.2, -0.15) is 5.10 Å². The van der Waals surface area contributed by atoms with Crippen molar-refractivity contribution < 1.29 is 33.1 Å². The molecule has 178 valence electrons. The molecule has 0 amide bonds. The summed E-state index contributed by atoms with van der Waals surface area (Å²) >= 11 is 0. The Morgan fingerprint density at radius 3 is 2.48 bits per heavy atom. The molecule has 2 aliphatic heterocycles. The Kier molecular flexibility index (Phi) is 5.99. The molecule has 0 aromatic carbocycles. The van der Waals surface area contributed by atoms with E-state index in [-0.39, 0.29) is 24.0 Å². The summed E-state index contributed by atoms with van der Waals surface area (Å²) in [6.07, 6.45) is 3.08. The van der Waals surface area contributed by atoms with E-state index in [4.69, 9.17) is 4.84 Å². The summed E-state index contributed by atoms with van der Waals surface area (Å²) in [5.74, 6) is -2.20. The lowest BCUT2D eigenvalue weighted by Gasteiger charge is -2.26. The number of carboxylic acid groups (broad SMARTS) is 2. The minimum atomic E-state index is -3.04. The number of aromatic nitrogens is 3. The third-order valence-corrected chi connectivity index (χ3v) is 7.68. The van der Waals surface area contributed by atoms with Crippen LogP contribution < -0.4 is 5.32 Å². The SMILES string of the molecule is CCn1ncc2c(NC3CCS(=O)(=O)CC3)c(C3=NOC(CC(=O)O)(CC(=O)O)C3)cnc21. The standard InChI is InChI=1S/C20H25N5O7S/c1-2-25-19-14(11-22-25)18(23-12-3-5-33(30,31)6-4-12)13(10-21-19)15-7-20(32-24-15,8-16(26)27)9-17(28)29/h10-12H,2-9H2,1H3,(H,21,23)(H,26,27)(H,28,29). The third kappa shape index (κ3) is 4.77. The quantitative estimate of drug-likeness (QED) is 0.500. The normalized spacial score (nSPS) is 19.7. The van der Waals surface area contributed by atoms with Crippen molar-refractivity contribution in [1.29, 1.82) is 0 Å². The van der Waals surface area contributed by atoms with Gasteiger partial charge in [-0.1, -0.05) is 5.16 Å². The average molecular weight is 480 g/mol. The topological polar surface area (TPSA) is 173 Å². The molecule has 0 unspecified atom stereocenters. The Morgan fingerprint density at radius 2 is 1.88 bits per heavy atom. The van der Waals surface area contributed by atoms with Gasteiger partial charge < -0.3 is 20.4 Å². The summed E-state index contributed by atoms with van der Waals surface area (Å²) in [7, 11) is -3.04. The second-order valence-corrected chi connectivity index (χ2v) is 10.7. The first-order valence-electron chi connectivity index (χ1n) is 10.6. The number of anilines is 1. The molecule has 0 aliphatic carbocycles. The number of sulfone groups is 1. The first-order chi connectivity index (χ1) is 15.6. The summed E-state index contributed by atoms with van der Waals surface area (Å²) in [6, 6.07) is -0.103. The fourth-order valence-corrected chi connectivity index (χ4v) is 5.83. The molecule has 0 saturated carbocycles. The van der Waals surface area contributed by atoms with E-state index in [1.807, 2.05) is 6.92 Å². The largest absolute Gasteiger partial charge is 0.481 e. The van der Waals surface area contributed by atoms with Gasteiger partial charge in [-0.15, -0.1) is 0 Å². The monoisotopic (exact) mass is 479 g/mol. The fraction of sp³-hybridized carbons (Fsp3) is 0.550. The maximum Gasteiger partial charge on any atom is 0.307 e. The van der Waals surface area contributed by atoms with Crippen LogP contribution in [0.2, 0.25) is 0 Å². The molecule has 0 bridgehead atoms. The van der Waals surface area contributed by atoms with Crippen LogP contribution in [0, 0.1) is 0 Å². The van der Waals surface area contributed by atoms with E-state index in [0.29, 0.717) is 47.4 Å². The predicted molar refractivity (Wildman–Crippen MR) is 118 cm³/mol. The Morgan fingerprint density at radius 1 is 1.21 bits per heavy atom. The number of carbonyl (C=O) groups is 2. The number of hydrogen-bond donors (Lipinski definition) is 3. The first-order valence-corrected chi connectivity index (χ1v) is 12.4. The number of rotatable bonds is 8. The minimum Gasteiger partial charge on any atom is -0.481 e. The van der Waals surface area contributed by atoms with Crippen molar-refractivity contribution >= 4 is 44.2 Å². The molecule has 4 rings (SSSR count). The number of fused-ring (bicyclic) bond motifs is 1.